The molecule has 0 saturated carbocycles. The molecule has 3 atom stereocenters. The Morgan fingerprint density at radius 3 is 2.38 bits per heavy atom. The summed E-state index contributed by atoms with van der Waals surface area (Å²) in [5.41, 5.74) is 1.51. The highest BCUT2D eigenvalue weighted by atomic mass is 16.6. The molecule has 2 amide bonds. The van der Waals surface area contributed by atoms with Crippen molar-refractivity contribution in [1.82, 2.24) is 10.2 Å². The molecule has 34 heavy (non-hydrogen) atoms. The third-order valence-corrected chi connectivity index (χ3v) is 6.18. The van der Waals surface area contributed by atoms with Gasteiger partial charge in [-0.15, -0.1) is 0 Å². The van der Waals surface area contributed by atoms with Gasteiger partial charge in [-0.3, -0.25) is 9.69 Å². The predicted molar refractivity (Wildman–Crippen MR) is 126 cm³/mol. The zero-order valence-electron chi connectivity index (χ0n) is 19.8. The fraction of sp³-hybridized carbons (Fsp3) is 0.423. The summed E-state index contributed by atoms with van der Waals surface area (Å²) in [6, 6.07) is 15.8. The lowest BCUT2D eigenvalue weighted by Crippen LogP contribution is -2.62. The van der Waals surface area contributed by atoms with E-state index in [1.807, 2.05) is 61.5 Å². The summed E-state index contributed by atoms with van der Waals surface area (Å²) >= 11 is 0. The topological polar surface area (TPSA) is 105 Å². The van der Waals surface area contributed by atoms with Crippen LogP contribution in [-0.2, 0) is 32.1 Å². The Labute approximate surface area is 199 Å². The predicted octanol–water partition coefficient (Wildman–Crippen LogP) is 2.75. The van der Waals surface area contributed by atoms with Crippen molar-refractivity contribution >= 4 is 18.0 Å². The Morgan fingerprint density at radius 1 is 1.09 bits per heavy atom. The molecule has 0 spiro atoms. The van der Waals surface area contributed by atoms with Crippen molar-refractivity contribution in [2.45, 2.75) is 57.4 Å². The number of aliphatic hydroxyl groups excluding tert-OH is 1. The second-order valence-corrected chi connectivity index (χ2v) is 8.70. The van der Waals surface area contributed by atoms with Crippen LogP contribution in [0.3, 0.4) is 0 Å². The highest BCUT2D eigenvalue weighted by molar-refractivity contribution is 5.94. The van der Waals surface area contributed by atoms with Crippen molar-refractivity contribution in [3.8, 4) is 0 Å². The average molecular weight is 469 g/mol. The van der Waals surface area contributed by atoms with Crippen molar-refractivity contribution in [2.24, 2.45) is 0 Å². The summed E-state index contributed by atoms with van der Waals surface area (Å²) in [6.07, 6.45) is -0.547. The summed E-state index contributed by atoms with van der Waals surface area (Å²) in [5.74, 6) is -1.29. The maximum Gasteiger partial charge on any atom is 0.411 e. The molecule has 182 valence electrons. The molecular weight excluding hydrogens is 436 g/mol. The number of methoxy groups -OCH3 is 1. The number of carbonyl (C=O) groups is 3. The van der Waals surface area contributed by atoms with Gasteiger partial charge in [0.25, 0.3) is 0 Å². The van der Waals surface area contributed by atoms with Crippen molar-refractivity contribution < 1.29 is 29.0 Å². The highest BCUT2D eigenvalue weighted by Crippen LogP contribution is 2.34. The molecule has 0 aliphatic carbocycles. The maximum atomic E-state index is 13.7. The Bertz CT molecular complexity index is 992. The smallest absolute Gasteiger partial charge is 0.411 e. The van der Waals surface area contributed by atoms with E-state index in [0.717, 1.165) is 16.7 Å². The third kappa shape index (κ3) is 5.75. The average Bonchev–Trinajstić information content (AvgIpc) is 3.27. The van der Waals surface area contributed by atoms with E-state index in [-0.39, 0.29) is 13.0 Å². The Morgan fingerprint density at radius 2 is 1.76 bits per heavy atom. The lowest BCUT2D eigenvalue weighted by Gasteiger charge is -2.37. The van der Waals surface area contributed by atoms with E-state index in [4.69, 9.17) is 9.47 Å². The SMILES string of the molecule is COC(=O)[C@H](NC(=O)C1(Cc2ccc(C)cc2)CCCN1C(=O)OCc1ccccc1)[C@H](C)O. The van der Waals surface area contributed by atoms with Crippen LogP contribution in [-0.4, -0.2) is 59.3 Å². The molecule has 3 rings (SSSR count). The van der Waals surface area contributed by atoms with Gasteiger partial charge in [-0.1, -0.05) is 60.2 Å². The van der Waals surface area contributed by atoms with Crippen LogP contribution in [0.15, 0.2) is 54.6 Å². The number of carbonyl (C=O) groups excluding carboxylic acids is 3. The number of aryl methyl sites for hydroxylation is 1. The molecule has 1 heterocycles. The Balaban J connectivity index is 1.89. The van der Waals surface area contributed by atoms with Crippen molar-refractivity contribution in [2.75, 3.05) is 13.7 Å². The molecule has 1 saturated heterocycles. The summed E-state index contributed by atoms with van der Waals surface area (Å²) in [7, 11) is 1.19. The molecule has 8 nitrogen and oxygen atoms in total. The van der Waals surface area contributed by atoms with Gasteiger partial charge in [-0.2, -0.15) is 0 Å². The van der Waals surface area contributed by atoms with E-state index in [2.05, 4.69) is 5.32 Å². The molecule has 1 unspecified atom stereocenters. The normalized spacial score (nSPS) is 19.2. The second-order valence-electron chi connectivity index (χ2n) is 8.70. The number of esters is 1. The standard InChI is InChI=1S/C26H32N2O6/c1-18-10-12-20(13-11-18)16-26(24(31)27-22(19(2)29)23(30)33-3)14-7-15-28(26)25(32)34-17-21-8-5-4-6-9-21/h4-6,8-13,19,22,29H,7,14-17H2,1-3H3,(H,27,31)/t19-,22+,26?/m0/s1. The third-order valence-electron chi connectivity index (χ3n) is 6.18. The van der Waals surface area contributed by atoms with E-state index in [9.17, 15) is 19.5 Å². The van der Waals surface area contributed by atoms with Gasteiger partial charge in [0.05, 0.1) is 13.2 Å². The van der Waals surface area contributed by atoms with Crippen LogP contribution in [0.25, 0.3) is 0 Å². The van der Waals surface area contributed by atoms with Gasteiger partial charge in [0.1, 0.15) is 12.1 Å². The molecule has 8 heteroatoms. The number of likely N-dealkylation sites (tertiary alicyclic amines) is 1. The van der Waals surface area contributed by atoms with Gasteiger partial charge in [-0.05, 0) is 37.8 Å². The fourth-order valence-electron chi connectivity index (χ4n) is 4.26. The largest absolute Gasteiger partial charge is 0.467 e. The van der Waals surface area contributed by atoms with Gasteiger partial charge in [0.15, 0.2) is 6.04 Å². The van der Waals surface area contributed by atoms with Crippen molar-refractivity contribution in [1.29, 1.82) is 0 Å². The lowest BCUT2D eigenvalue weighted by atomic mass is 9.86. The zero-order chi connectivity index (χ0) is 24.7. The van der Waals surface area contributed by atoms with Gasteiger partial charge in [0, 0.05) is 13.0 Å². The second kappa shape index (κ2) is 11.2. The maximum absolute atomic E-state index is 13.7. The summed E-state index contributed by atoms with van der Waals surface area (Å²) < 4.78 is 10.3. The lowest BCUT2D eigenvalue weighted by molar-refractivity contribution is -0.149. The van der Waals surface area contributed by atoms with Gasteiger partial charge in [0.2, 0.25) is 5.91 Å². The van der Waals surface area contributed by atoms with E-state index < -0.39 is 35.7 Å². The first-order valence-electron chi connectivity index (χ1n) is 11.4. The Hall–Kier alpha value is -3.39. The summed E-state index contributed by atoms with van der Waals surface area (Å²) in [6.45, 7) is 3.79. The van der Waals surface area contributed by atoms with Crippen molar-refractivity contribution in [3.05, 3.63) is 71.3 Å². The quantitative estimate of drug-likeness (QED) is 0.577. The van der Waals surface area contributed by atoms with Crippen LogP contribution >= 0.6 is 0 Å². The highest BCUT2D eigenvalue weighted by Gasteiger charge is 2.51. The molecule has 2 aromatic rings. The van der Waals surface area contributed by atoms with Crippen LogP contribution in [0.5, 0.6) is 0 Å². The molecule has 0 bridgehead atoms. The van der Waals surface area contributed by atoms with Crippen LogP contribution in [0.1, 0.15) is 36.5 Å². The van der Waals surface area contributed by atoms with E-state index >= 15 is 0 Å². The molecule has 2 aromatic carbocycles. The van der Waals surface area contributed by atoms with E-state index in [0.29, 0.717) is 19.4 Å². The van der Waals surface area contributed by atoms with Crippen LogP contribution < -0.4 is 5.32 Å². The van der Waals surface area contributed by atoms with Crippen LogP contribution in [0, 0.1) is 6.92 Å². The summed E-state index contributed by atoms with van der Waals surface area (Å²) in [5, 5.41) is 12.7. The molecule has 0 aromatic heterocycles. The minimum absolute atomic E-state index is 0.0802. The molecule has 2 N–H and O–H groups in total. The van der Waals surface area contributed by atoms with Crippen molar-refractivity contribution in [3.63, 3.8) is 0 Å². The molecule has 0 radical (unpaired) electrons. The minimum Gasteiger partial charge on any atom is -0.467 e. The fourth-order valence-corrected chi connectivity index (χ4v) is 4.26. The van der Waals surface area contributed by atoms with E-state index in [1.165, 1.54) is 18.9 Å². The molecular formula is C26H32N2O6. The van der Waals surface area contributed by atoms with Crippen LogP contribution in [0.2, 0.25) is 0 Å². The van der Waals surface area contributed by atoms with Gasteiger partial charge in [-0.25, -0.2) is 9.59 Å². The molecule has 1 aliphatic heterocycles. The minimum atomic E-state index is -1.27. The number of amides is 2. The first kappa shape index (κ1) is 25.2. The molecule has 1 aliphatic rings. The number of nitrogens with zero attached hydrogens (tertiary/aromatic N) is 1. The van der Waals surface area contributed by atoms with Gasteiger partial charge >= 0.3 is 12.1 Å². The number of ether oxygens (including phenoxy) is 2. The number of hydrogen-bond acceptors (Lipinski definition) is 6. The number of nitrogens with one attached hydrogen (secondary N) is 1. The zero-order valence-corrected chi connectivity index (χ0v) is 19.8. The van der Waals surface area contributed by atoms with Crippen LogP contribution in [0.4, 0.5) is 4.79 Å². The first-order valence-corrected chi connectivity index (χ1v) is 11.4. The summed E-state index contributed by atoms with van der Waals surface area (Å²) in [4.78, 5) is 40.5. The van der Waals surface area contributed by atoms with Gasteiger partial charge < -0.3 is 19.9 Å². The van der Waals surface area contributed by atoms with E-state index in [1.54, 1.807) is 0 Å². The Kier molecular flexibility index (Phi) is 8.28. The molecule has 1 fully saturated rings. The number of aliphatic hydroxyl groups is 1. The number of benzene rings is 2. The number of hydrogen-bond donors (Lipinski definition) is 2. The number of rotatable bonds is 8. The monoisotopic (exact) mass is 468 g/mol. The first-order chi connectivity index (χ1) is 16.3.